The highest BCUT2D eigenvalue weighted by Gasteiger charge is 2.36. The first kappa shape index (κ1) is 15.7. The Morgan fingerprint density at radius 2 is 1.81 bits per heavy atom. The van der Waals surface area contributed by atoms with Crippen LogP contribution in [0, 0.1) is 0 Å². The molecule has 0 saturated heterocycles. The predicted molar refractivity (Wildman–Crippen MR) is 66.4 cm³/mol. The third-order valence-corrected chi connectivity index (χ3v) is 5.18. The highest BCUT2D eigenvalue weighted by Crippen LogP contribution is 2.14. The number of carbonyl (C=O) groups excluding carboxylic acids is 1. The van der Waals surface area contributed by atoms with Crippen molar-refractivity contribution in [1.29, 1.82) is 0 Å². The van der Waals surface area contributed by atoms with Crippen molar-refractivity contribution in [2.75, 3.05) is 34.9 Å². The number of nitrogens with zero attached hydrogens (tertiary/aromatic N) is 1. The van der Waals surface area contributed by atoms with Gasteiger partial charge in [-0.3, -0.25) is 4.31 Å². The number of nitrogens with one attached hydrogen (secondary N) is 1. The van der Waals surface area contributed by atoms with Crippen LogP contribution in [0.3, 0.4) is 0 Å². The Bertz CT molecular complexity index is 206. The Hall–Kier alpha value is -0.283. The zero-order chi connectivity index (χ0) is 12.6. The van der Waals surface area contributed by atoms with Gasteiger partial charge in [-0.1, -0.05) is 12.8 Å². The van der Waals surface area contributed by atoms with Crippen molar-refractivity contribution in [1.82, 2.24) is 9.62 Å². The number of hydrogen-bond acceptors (Lipinski definition) is 5. The molecule has 0 atom stereocenters. The van der Waals surface area contributed by atoms with Crippen LogP contribution in [0.2, 0.25) is 6.04 Å². The molecule has 0 aromatic carbocycles. The average Bonchev–Trinajstić information content (AvgIpc) is 2.30. The fourth-order valence-electron chi connectivity index (χ4n) is 1.17. The molecule has 0 aliphatic rings. The molecule has 16 heavy (non-hydrogen) atoms. The van der Waals surface area contributed by atoms with Gasteiger partial charge in [-0.05, 0) is 6.42 Å². The van der Waals surface area contributed by atoms with Crippen molar-refractivity contribution in [3.05, 3.63) is 0 Å². The molecule has 0 rings (SSSR count). The van der Waals surface area contributed by atoms with Gasteiger partial charge in [0.1, 0.15) is 0 Å². The number of amides is 2. The molecule has 0 bridgehead atoms. The maximum atomic E-state index is 11.1. The lowest BCUT2D eigenvalue weighted by Gasteiger charge is -2.24. The number of rotatable bonds is 7. The van der Waals surface area contributed by atoms with Crippen LogP contribution in [0.15, 0.2) is 0 Å². The molecule has 2 amide bonds. The summed E-state index contributed by atoms with van der Waals surface area (Å²) in [5.41, 5.74) is 0. The summed E-state index contributed by atoms with van der Waals surface area (Å²) in [6.45, 7) is 0.536. The van der Waals surface area contributed by atoms with Crippen LogP contribution in [0.5, 0.6) is 0 Å². The first-order chi connectivity index (χ1) is 7.51. The third kappa shape index (κ3) is 5.17. The summed E-state index contributed by atoms with van der Waals surface area (Å²) < 4.78 is 16.9. The van der Waals surface area contributed by atoms with Gasteiger partial charge in [0.15, 0.2) is 0 Å². The van der Waals surface area contributed by atoms with Gasteiger partial charge in [-0.15, -0.1) is 0 Å². The van der Waals surface area contributed by atoms with E-state index in [-0.39, 0.29) is 6.03 Å². The van der Waals surface area contributed by atoms with E-state index < -0.39 is 8.80 Å². The minimum absolute atomic E-state index is 0.233. The second-order valence-corrected chi connectivity index (χ2v) is 6.85. The van der Waals surface area contributed by atoms with E-state index in [2.05, 4.69) is 18.1 Å². The molecule has 0 spiro atoms. The maximum Gasteiger partial charge on any atom is 0.500 e. The van der Waals surface area contributed by atoms with Crippen LogP contribution >= 0.6 is 12.8 Å². The van der Waals surface area contributed by atoms with Crippen LogP contribution in [0.25, 0.3) is 0 Å². The first-order valence-electron chi connectivity index (χ1n) is 4.87. The molecule has 1 N–H and O–H groups in total. The topological polar surface area (TPSA) is 60.0 Å². The average molecular weight is 268 g/mol. The van der Waals surface area contributed by atoms with Gasteiger partial charge in [0.25, 0.3) is 0 Å². The number of thiol groups is 1. The largest absolute Gasteiger partial charge is 0.500 e. The van der Waals surface area contributed by atoms with Crippen LogP contribution in [-0.2, 0) is 13.3 Å². The summed E-state index contributed by atoms with van der Waals surface area (Å²) in [4.78, 5) is 11.1. The Morgan fingerprint density at radius 1 is 1.31 bits per heavy atom. The van der Waals surface area contributed by atoms with Crippen LogP contribution in [0.1, 0.15) is 6.42 Å². The molecule has 8 heteroatoms. The molecule has 0 aliphatic heterocycles. The van der Waals surface area contributed by atoms with Crippen LogP contribution in [0.4, 0.5) is 4.79 Å². The van der Waals surface area contributed by atoms with Gasteiger partial charge in [-0.25, -0.2) is 4.79 Å². The van der Waals surface area contributed by atoms with E-state index >= 15 is 0 Å². The molecule has 0 heterocycles. The minimum atomic E-state index is -2.50. The fourth-order valence-corrected chi connectivity index (χ4v) is 2.96. The molecule has 0 fully saturated rings. The monoisotopic (exact) mass is 268 g/mol. The minimum Gasteiger partial charge on any atom is -0.377 e. The van der Waals surface area contributed by atoms with Gasteiger partial charge in [0.2, 0.25) is 0 Å². The zero-order valence-electron chi connectivity index (χ0n) is 10.1. The second kappa shape index (κ2) is 7.90. The Kier molecular flexibility index (Phi) is 7.76. The molecule has 0 aromatic rings. The molecule has 6 nitrogen and oxygen atoms in total. The van der Waals surface area contributed by atoms with E-state index in [1.54, 1.807) is 28.4 Å². The van der Waals surface area contributed by atoms with Gasteiger partial charge in [-0.2, -0.15) is 0 Å². The van der Waals surface area contributed by atoms with Crippen molar-refractivity contribution in [3.63, 3.8) is 0 Å². The van der Waals surface area contributed by atoms with Crippen LogP contribution < -0.4 is 5.32 Å². The molecular formula is C8H20N2O4SSi. The highest BCUT2D eigenvalue weighted by molar-refractivity contribution is 7.78. The maximum absolute atomic E-state index is 11.1. The lowest BCUT2D eigenvalue weighted by Crippen LogP contribution is -2.43. The second-order valence-electron chi connectivity index (χ2n) is 3.15. The SMILES string of the molecule is CO[Si](CCCNC(=O)N(C)S)(OC)OC. The summed E-state index contributed by atoms with van der Waals surface area (Å²) >= 11 is 3.86. The Labute approximate surface area is 103 Å². The summed E-state index contributed by atoms with van der Waals surface area (Å²) in [5.74, 6) is 0. The van der Waals surface area contributed by atoms with Crippen molar-refractivity contribution < 1.29 is 18.1 Å². The molecule has 0 saturated carbocycles. The summed E-state index contributed by atoms with van der Waals surface area (Å²) in [7, 11) is 3.77. The standard InChI is InChI=1S/C8H20N2O4SSi/c1-10(15)8(11)9-6-5-7-16(12-2,13-3)14-4/h15H,5-7H2,1-4H3,(H,9,11). The summed E-state index contributed by atoms with van der Waals surface area (Å²) in [6, 6.07) is 0.426. The van der Waals surface area contributed by atoms with Gasteiger partial charge < -0.3 is 18.6 Å². The first-order valence-corrected chi connectivity index (χ1v) is 7.20. The molecule has 0 unspecified atom stereocenters. The van der Waals surface area contributed by atoms with Crippen molar-refractivity contribution in [2.45, 2.75) is 12.5 Å². The van der Waals surface area contributed by atoms with E-state index in [0.29, 0.717) is 12.6 Å². The highest BCUT2D eigenvalue weighted by atomic mass is 32.1. The van der Waals surface area contributed by atoms with E-state index in [9.17, 15) is 4.79 Å². The van der Waals surface area contributed by atoms with Gasteiger partial charge >= 0.3 is 14.8 Å². The predicted octanol–water partition coefficient (Wildman–Crippen LogP) is 0.741. The lowest BCUT2D eigenvalue weighted by molar-refractivity contribution is 0.123. The van der Waals surface area contributed by atoms with E-state index in [1.165, 1.54) is 4.31 Å². The molecule has 0 aliphatic carbocycles. The molecule has 96 valence electrons. The Morgan fingerprint density at radius 3 is 2.19 bits per heavy atom. The molecular weight excluding hydrogens is 248 g/mol. The van der Waals surface area contributed by atoms with Crippen molar-refractivity contribution in [3.8, 4) is 0 Å². The smallest absolute Gasteiger partial charge is 0.377 e. The normalized spacial score (nSPS) is 11.3. The van der Waals surface area contributed by atoms with Crippen molar-refractivity contribution >= 4 is 27.7 Å². The van der Waals surface area contributed by atoms with E-state index in [0.717, 1.165) is 6.42 Å². The number of urea groups is 1. The van der Waals surface area contributed by atoms with Crippen molar-refractivity contribution in [2.24, 2.45) is 0 Å². The fraction of sp³-hybridized carbons (Fsp3) is 0.875. The van der Waals surface area contributed by atoms with Gasteiger partial charge in [0.05, 0.1) is 0 Å². The number of carbonyl (C=O) groups is 1. The van der Waals surface area contributed by atoms with E-state index in [1.807, 2.05) is 0 Å². The molecule has 0 aromatic heterocycles. The quantitative estimate of drug-likeness (QED) is 0.406. The number of hydrogen-bond donors (Lipinski definition) is 2. The summed E-state index contributed by atoms with van der Waals surface area (Å²) in [6.07, 6.45) is 0.731. The summed E-state index contributed by atoms with van der Waals surface area (Å²) in [5, 5.41) is 2.69. The third-order valence-electron chi connectivity index (χ3n) is 2.16. The van der Waals surface area contributed by atoms with Crippen LogP contribution in [-0.4, -0.2) is 54.1 Å². The Balaban J connectivity index is 3.83. The van der Waals surface area contributed by atoms with E-state index in [4.69, 9.17) is 13.3 Å². The molecule has 0 radical (unpaired) electrons. The zero-order valence-corrected chi connectivity index (χ0v) is 12.0. The van der Waals surface area contributed by atoms with Gasteiger partial charge in [0, 0.05) is 41.0 Å². The lowest BCUT2D eigenvalue weighted by atomic mass is 10.5.